The lowest BCUT2D eigenvalue weighted by molar-refractivity contribution is 0.631. The lowest BCUT2D eigenvalue weighted by Gasteiger charge is -2.06. The Hall–Kier alpha value is -0.900. The molecule has 1 aromatic rings. The number of rotatable bonds is 3. The SMILES string of the molecule is CC(C)S(=O)Cc1ccc(N)c(F)c1. The van der Waals surface area contributed by atoms with Gasteiger partial charge in [0.1, 0.15) is 5.82 Å². The Bertz CT molecular complexity index is 352. The molecule has 0 fully saturated rings. The molecule has 1 unspecified atom stereocenters. The van der Waals surface area contributed by atoms with Crippen LogP contribution in [0.1, 0.15) is 19.4 Å². The van der Waals surface area contributed by atoms with Gasteiger partial charge in [0, 0.05) is 21.8 Å². The third-order valence-corrected chi connectivity index (χ3v) is 3.57. The molecule has 14 heavy (non-hydrogen) atoms. The van der Waals surface area contributed by atoms with E-state index in [-0.39, 0.29) is 10.9 Å². The number of nitrogens with two attached hydrogens (primary N) is 1. The molecule has 0 aliphatic rings. The first-order valence-corrected chi connectivity index (χ1v) is 5.80. The highest BCUT2D eigenvalue weighted by Gasteiger charge is 2.07. The summed E-state index contributed by atoms with van der Waals surface area (Å²) >= 11 is 0. The third-order valence-electron chi connectivity index (χ3n) is 1.90. The van der Waals surface area contributed by atoms with Gasteiger partial charge in [-0.2, -0.15) is 0 Å². The van der Waals surface area contributed by atoms with Crippen LogP contribution < -0.4 is 5.73 Å². The van der Waals surface area contributed by atoms with Gasteiger partial charge in [-0.25, -0.2) is 4.39 Å². The second-order valence-corrected chi connectivity index (χ2v) is 5.42. The number of hydrogen-bond acceptors (Lipinski definition) is 2. The summed E-state index contributed by atoms with van der Waals surface area (Å²) in [6.45, 7) is 3.76. The zero-order valence-electron chi connectivity index (χ0n) is 8.29. The first-order chi connectivity index (χ1) is 6.50. The smallest absolute Gasteiger partial charge is 0.146 e. The molecule has 0 spiro atoms. The molecule has 2 N–H and O–H groups in total. The van der Waals surface area contributed by atoms with E-state index in [2.05, 4.69) is 0 Å². The van der Waals surface area contributed by atoms with Crippen molar-refractivity contribution in [3.63, 3.8) is 0 Å². The minimum absolute atomic E-state index is 0.0932. The first-order valence-electron chi connectivity index (χ1n) is 4.41. The molecule has 0 heterocycles. The van der Waals surface area contributed by atoms with Gasteiger partial charge in [-0.05, 0) is 17.7 Å². The fraction of sp³-hybridized carbons (Fsp3) is 0.400. The molecule has 0 bridgehead atoms. The third kappa shape index (κ3) is 2.80. The predicted octanol–water partition coefficient (Wildman–Crippen LogP) is 2.06. The number of hydrogen-bond donors (Lipinski definition) is 1. The Morgan fingerprint density at radius 2 is 2.14 bits per heavy atom. The number of benzene rings is 1. The number of anilines is 1. The number of halogens is 1. The van der Waals surface area contributed by atoms with Crippen LogP contribution in [0.3, 0.4) is 0 Å². The largest absolute Gasteiger partial charge is 0.396 e. The second kappa shape index (κ2) is 4.55. The highest BCUT2D eigenvalue weighted by Crippen LogP contribution is 2.14. The lowest BCUT2D eigenvalue weighted by Crippen LogP contribution is -2.08. The van der Waals surface area contributed by atoms with Crippen LogP contribution >= 0.6 is 0 Å². The van der Waals surface area contributed by atoms with Crippen LogP contribution in [-0.2, 0) is 16.6 Å². The number of nitrogen functional groups attached to an aromatic ring is 1. The van der Waals surface area contributed by atoms with E-state index in [1.807, 2.05) is 13.8 Å². The average Bonchev–Trinajstić information content (AvgIpc) is 2.11. The van der Waals surface area contributed by atoms with Gasteiger partial charge in [-0.1, -0.05) is 19.9 Å². The molecule has 78 valence electrons. The summed E-state index contributed by atoms with van der Waals surface area (Å²) in [5.74, 6) is -0.0576. The van der Waals surface area contributed by atoms with Crippen molar-refractivity contribution in [3.8, 4) is 0 Å². The van der Waals surface area contributed by atoms with Crippen molar-refractivity contribution >= 4 is 16.5 Å². The lowest BCUT2D eigenvalue weighted by atomic mass is 10.2. The van der Waals surface area contributed by atoms with Gasteiger partial charge in [0.05, 0.1) is 5.69 Å². The van der Waals surface area contributed by atoms with Crippen molar-refractivity contribution in [1.82, 2.24) is 0 Å². The predicted molar refractivity (Wildman–Crippen MR) is 57.8 cm³/mol. The van der Waals surface area contributed by atoms with Crippen molar-refractivity contribution in [2.24, 2.45) is 0 Å². The summed E-state index contributed by atoms with van der Waals surface area (Å²) in [4.78, 5) is 0. The van der Waals surface area contributed by atoms with E-state index >= 15 is 0 Å². The van der Waals surface area contributed by atoms with Crippen molar-refractivity contribution in [2.75, 3.05) is 5.73 Å². The molecule has 0 aromatic heterocycles. The maximum absolute atomic E-state index is 13.0. The summed E-state index contributed by atoms with van der Waals surface area (Å²) in [6.07, 6.45) is 0. The fourth-order valence-corrected chi connectivity index (χ4v) is 1.83. The maximum atomic E-state index is 13.0. The zero-order chi connectivity index (χ0) is 10.7. The monoisotopic (exact) mass is 215 g/mol. The second-order valence-electron chi connectivity index (χ2n) is 3.43. The molecular weight excluding hydrogens is 201 g/mol. The first kappa shape index (κ1) is 11.2. The quantitative estimate of drug-likeness (QED) is 0.784. The Labute approximate surface area is 85.8 Å². The van der Waals surface area contributed by atoms with Crippen LogP contribution in [0.4, 0.5) is 10.1 Å². The van der Waals surface area contributed by atoms with E-state index in [1.165, 1.54) is 12.1 Å². The van der Waals surface area contributed by atoms with Gasteiger partial charge < -0.3 is 5.73 Å². The minimum atomic E-state index is -0.945. The van der Waals surface area contributed by atoms with Gasteiger partial charge in [0.25, 0.3) is 0 Å². The topological polar surface area (TPSA) is 43.1 Å². The maximum Gasteiger partial charge on any atom is 0.146 e. The van der Waals surface area contributed by atoms with Gasteiger partial charge in [0.15, 0.2) is 0 Å². The molecular formula is C10H14FNOS. The standard InChI is InChI=1S/C10H14FNOS/c1-7(2)14(13)6-8-3-4-10(12)9(11)5-8/h3-5,7H,6,12H2,1-2H3. The Morgan fingerprint density at radius 3 is 2.64 bits per heavy atom. The van der Waals surface area contributed by atoms with Gasteiger partial charge in [-0.3, -0.25) is 4.21 Å². The van der Waals surface area contributed by atoms with Crippen LogP contribution in [0.25, 0.3) is 0 Å². The summed E-state index contributed by atoms with van der Waals surface area (Å²) in [6, 6.07) is 4.55. The molecule has 4 heteroatoms. The summed E-state index contributed by atoms with van der Waals surface area (Å²) in [5.41, 5.74) is 6.18. The summed E-state index contributed by atoms with van der Waals surface area (Å²) in [5, 5.41) is 0.0932. The van der Waals surface area contributed by atoms with E-state index in [4.69, 9.17) is 5.73 Å². The van der Waals surface area contributed by atoms with Crippen LogP contribution in [0.15, 0.2) is 18.2 Å². The van der Waals surface area contributed by atoms with E-state index in [1.54, 1.807) is 6.07 Å². The minimum Gasteiger partial charge on any atom is -0.396 e. The van der Waals surface area contributed by atoms with Crippen molar-refractivity contribution in [1.29, 1.82) is 0 Å². The molecule has 0 amide bonds. The van der Waals surface area contributed by atoms with E-state index in [9.17, 15) is 8.60 Å². The molecule has 1 atom stereocenters. The Kier molecular flexibility index (Phi) is 3.63. The van der Waals surface area contributed by atoms with Gasteiger partial charge >= 0.3 is 0 Å². The molecule has 0 saturated carbocycles. The summed E-state index contributed by atoms with van der Waals surface area (Å²) in [7, 11) is -0.945. The fourth-order valence-electron chi connectivity index (χ4n) is 0.991. The van der Waals surface area contributed by atoms with Crippen LogP contribution in [-0.4, -0.2) is 9.46 Å². The van der Waals surface area contributed by atoms with Crippen molar-refractivity contribution in [2.45, 2.75) is 24.9 Å². The van der Waals surface area contributed by atoms with E-state index in [0.29, 0.717) is 5.75 Å². The molecule has 2 nitrogen and oxygen atoms in total. The van der Waals surface area contributed by atoms with E-state index < -0.39 is 16.6 Å². The molecule has 0 aliphatic heterocycles. The van der Waals surface area contributed by atoms with Crippen LogP contribution in [0.2, 0.25) is 0 Å². The normalized spacial score (nSPS) is 13.1. The average molecular weight is 215 g/mol. The zero-order valence-corrected chi connectivity index (χ0v) is 9.10. The van der Waals surface area contributed by atoms with Gasteiger partial charge in [-0.15, -0.1) is 0 Å². The molecule has 0 saturated heterocycles. The van der Waals surface area contributed by atoms with Crippen LogP contribution in [0.5, 0.6) is 0 Å². The molecule has 1 rings (SSSR count). The van der Waals surface area contributed by atoms with Crippen molar-refractivity contribution < 1.29 is 8.60 Å². The molecule has 0 radical (unpaired) electrons. The summed E-state index contributed by atoms with van der Waals surface area (Å²) < 4.78 is 24.5. The van der Waals surface area contributed by atoms with Crippen molar-refractivity contribution in [3.05, 3.63) is 29.6 Å². The Balaban J connectivity index is 2.78. The molecule has 1 aromatic carbocycles. The highest BCUT2D eigenvalue weighted by atomic mass is 32.2. The Morgan fingerprint density at radius 1 is 1.50 bits per heavy atom. The van der Waals surface area contributed by atoms with Gasteiger partial charge in [0.2, 0.25) is 0 Å². The van der Waals surface area contributed by atoms with Crippen LogP contribution in [0, 0.1) is 5.82 Å². The van der Waals surface area contributed by atoms with E-state index in [0.717, 1.165) is 5.56 Å². The molecule has 0 aliphatic carbocycles. The highest BCUT2D eigenvalue weighted by molar-refractivity contribution is 7.84.